The maximum absolute atomic E-state index is 11.5. The fourth-order valence-corrected chi connectivity index (χ4v) is 2.43. The molecule has 0 bridgehead atoms. The Kier molecular flexibility index (Phi) is 3.20. The number of rotatable bonds is 1. The van der Waals surface area contributed by atoms with Crippen molar-refractivity contribution in [1.82, 2.24) is 9.97 Å². The average molecular weight is 307 g/mol. The molecule has 0 aliphatic rings. The first kappa shape index (κ1) is 13.1. The van der Waals surface area contributed by atoms with Gasteiger partial charge >= 0.3 is 5.97 Å². The number of carbonyl (C=O) groups is 1. The Morgan fingerprint density at radius 3 is 2.75 bits per heavy atom. The molecule has 3 rings (SSSR count). The van der Waals surface area contributed by atoms with Gasteiger partial charge in [0.1, 0.15) is 5.15 Å². The molecule has 0 fully saturated rings. The van der Waals surface area contributed by atoms with Gasteiger partial charge in [0.25, 0.3) is 0 Å². The van der Waals surface area contributed by atoms with Crippen LogP contribution in [0.5, 0.6) is 0 Å². The molecule has 0 atom stereocenters. The summed E-state index contributed by atoms with van der Waals surface area (Å²) >= 11 is 12.2. The molecule has 0 saturated carbocycles. The summed E-state index contributed by atoms with van der Waals surface area (Å²) in [5.74, 6) is -0.471. The number of carbonyl (C=O) groups excluding carboxylic acids is 1. The molecule has 3 aromatic rings. The number of aromatic nitrogens is 2. The SMILES string of the molecule is COC(=O)c1cnc2c(c1)c(Cl)nc1ccc(Cl)cc12. The van der Waals surface area contributed by atoms with E-state index >= 15 is 0 Å². The summed E-state index contributed by atoms with van der Waals surface area (Å²) in [6.45, 7) is 0. The molecule has 20 heavy (non-hydrogen) atoms. The highest BCUT2D eigenvalue weighted by molar-refractivity contribution is 6.36. The first-order valence-corrected chi connectivity index (χ1v) is 6.48. The number of pyridine rings is 2. The van der Waals surface area contributed by atoms with Gasteiger partial charge in [-0.2, -0.15) is 0 Å². The zero-order chi connectivity index (χ0) is 14.3. The Morgan fingerprint density at radius 1 is 1.20 bits per heavy atom. The van der Waals surface area contributed by atoms with Crippen molar-refractivity contribution in [2.45, 2.75) is 0 Å². The molecular formula is C14H8Cl2N2O2. The van der Waals surface area contributed by atoms with Gasteiger partial charge in [0.05, 0.1) is 23.7 Å². The second-order valence-corrected chi connectivity index (χ2v) is 4.97. The first-order chi connectivity index (χ1) is 9.60. The molecule has 100 valence electrons. The lowest BCUT2D eigenvalue weighted by Gasteiger charge is -2.06. The standard InChI is InChI=1S/C14H8Cl2N2O2/c1-20-14(19)7-4-10-12(17-6-7)9-5-8(15)2-3-11(9)18-13(10)16/h2-6H,1H3. The second kappa shape index (κ2) is 4.89. The van der Waals surface area contributed by atoms with Crippen molar-refractivity contribution in [1.29, 1.82) is 0 Å². The van der Waals surface area contributed by atoms with Crippen LogP contribution in [-0.4, -0.2) is 23.0 Å². The highest BCUT2D eigenvalue weighted by Crippen LogP contribution is 2.30. The van der Waals surface area contributed by atoms with Crippen molar-refractivity contribution in [3.05, 3.63) is 46.2 Å². The number of ether oxygens (including phenoxy) is 1. The lowest BCUT2D eigenvalue weighted by Crippen LogP contribution is -2.02. The Bertz CT molecular complexity index is 849. The van der Waals surface area contributed by atoms with Crippen LogP contribution in [-0.2, 0) is 4.74 Å². The summed E-state index contributed by atoms with van der Waals surface area (Å²) in [4.78, 5) is 20.1. The van der Waals surface area contributed by atoms with E-state index in [1.807, 2.05) is 0 Å². The second-order valence-electron chi connectivity index (χ2n) is 4.18. The number of methoxy groups -OCH3 is 1. The molecule has 0 aliphatic carbocycles. The summed E-state index contributed by atoms with van der Waals surface area (Å²) in [5, 5.41) is 2.24. The smallest absolute Gasteiger partial charge is 0.339 e. The summed E-state index contributed by atoms with van der Waals surface area (Å²) in [5.41, 5.74) is 1.67. The van der Waals surface area contributed by atoms with E-state index in [2.05, 4.69) is 14.7 Å². The molecule has 0 unspecified atom stereocenters. The average Bonchev–Trinajstić information content (AvgIpc) is 2.47. The highest BCUT2D eigenvalue weighted by atomic mass is 35.5. The van der Waals surface area contributed by atoms with Gasteiger partial charge in [-0.1, -0.05) is 23.2 Å². The third-order valence-electron chi connectivity index (χ3n) is 2.96. The highest BCUT2D eigenvalue weighted by Gasteiger charge is 2.12. The van der Waals surface area contributed by atoms with Gasteiger partial charge in [0.15, 0.2) is 0 Å². The van der Waals surface area contributed by atoms with Crippen LogP contribution in [0, 0.1) is 0 Å². The van der Waals surface area contributed by atoms with E-state index in [-0.39, 0.29) is 5.15 Å². The third kappa shape index (κ3) is 2.07. The number of halogens is 2. The Labute approximate surface area is 124 Å². The minimum Gasteiger partial charge on any atom is -0.465 e. The fourth-order valence-electron chi connectivity index (χ4n) is 2.03. The molecule has 1 aromatic carbocycles. The molecule has 0 amide bonds. The van der Waals surface area contributed by atoms with E-state index in [1.165, 1.54) is 13.3 Å². The normalized spacial score (nSPS) is 10.9. The Morgan fingerprint density at radius 2 is 2.00 bits per heavy atom. The van der Waals surface area contributed by atoms with Crippen LogP contribution in [0.2, 0.25) is 10.2 Å². The lowest BCUT2D eigenvalue weighted by molar-refractivity contribution is 0.0600. The van der Waals surface area contributed by atoms with Gasteiger partial charge < -0.3 is 4.74 Å². The topological polar surface area (TPSA) is 52.1 Å². The van der Waals surface area contributed by atoms with Crippen LogP contribution in [0.15, 0.2) is 30.5 Å². The van der Waals surface area contributed by atoms with Crippen molar-refractivity contribution in [3.8, 4) is 0 Å². The third-order valence-corrected chi connectivity index (χ3v) is 3.49. The summed E-state index contributed by atoms with van der Waals surface area (Å²) in [6.07, 6.45) is 1.45. The van der Waals surface area contributed by atoms with Crippen molar-refractivity contribution < 1.29 is 9.53 Å². The van der Waals surface area contributed by atoms with Gasteiger partial charge in [-0.15, -0.1) is 0 Å². The minimum atomic E-state index is -0.471. The van der Waals surface area contributed by atoms with Gasteiger partial charge in [-0.3, -0.25) is 4.98 Å². The largest absolute Gasteiger partial charge is 0.465 e. The zero-order valence-corrected chi connectivity index (χ0v) is 11.9. The summed E-state index contributed by atoms with van der Waals surface area (Å²) < 4.78 is 4.67. The van der Waals surface area contributed by atoms with Crippen LogP contribution in [0.1, 0.15) is 10.4 Å². The van der Waals surface area contributed by atoms with Gasteiger partial charge in [-0.05, 0) is 24.3 Å². The van der Waals surface area contributed by atoms with E-state index in [4.69, 9.17) is 23.2 Å². The van der Waals surface area contributed by atoms with E-state index < -0.39 is 5.97 Å². The summed E-state index contributed by atoms with van der Waals surface area (Å²) in [7, 11) is 1.31. The maximum atomic E-state index is 11.5. The quantitative estimate of drug-likeness (QED) is 0.389. The molecule has 0 radical (unpaired) electrons. The van der Waals surface area contributed by atoms with E-state index in [1.54, 1.807) is 24.3 Å². The lowest BCUT2D eigenvalue weighted by atomic mass is 10.1. The van der Waals surface area contributed by atoms with E-state index in [0.717, 1.165) is 5.39 Å². The first-order valence-electron chi connectivity index (χ1n) is 5.73. The van der Waals surface area contributed by atoms with Crippen LogP contribution < -0.4 is 0 Å². The molecule has 0 aliphatic heterocycles. The molecular weight excluding hydrogens is 299 g/mol. The van der Waals surface area contributed by atoms with Gasteiger partial charge in [0.2, 0.25) is 0 Å². The van der Waals surface area contributed by atoms with Crippen LogP contribution in [0.4, 0.5) is 0 Å². The van der Waals surface area contributed by atoms with Crippen LogP contribution in [0.25, 0.3) is 21.8 Å². The molecule has 2 heterocycles. The van der Waals surface area contributed by atoms with Crippen molar-refractivity contribution >= 4 is 51.0 Å². The van der Waals surface area contributed by atoms with Crippen molar-refractivity contribution in [3.63, 3.8) is 0 Å². The fraction of sp³-hybridized carbons (Fsp3) is 0.0714. The van der Waals surface area contributed by atoms with Gasteiger partial charge in [-0.25, -0.2) is 9.78 Å². The van der Waals surface area contributed by atoms with Crippen LogP contribution >= 0.6 is 23.2 Å². The number of nitrogens with zero attached hydrogens (tertiary/aromatic N) is 2. The van der Waals surface area contributed by atoms with Crippen LogP contribution in [0.3, 0.4) is 0 Å². The maximum Gasteiger partial charge on any atom is 0.339 e. The number of fused-ring (bicyclic) bond motifs is 3. The molecule has 0 spiro atoms. The predicted molar refractivity (Wildman–Crippen MR) is 78.4 cm³/mol. The van der Waals surface area contributed by atoms with Crippen molar-refractivity contribution in [2.24, 2.45) is 0 Å². The molecule has 2 aromatic heterocycles. The minimum absolute atomic E-state index is 0.285. The molecule has 0 N–H and O–H groups in total. The predicted octanol–water partition coefficient (Wildman–Crippen LogP) is 3.88. The Balaban J connectivity index is 2.39. The monoisotopic (exact) mass is 306 g/mol. The number of hydrogen-bond acceptors (Lipinski definition) is 4. The molecule has 6 heteroatoms. The zero-order valence-electron chi connectivity index (χ0n) is 10.4. The number of benzene rings is 1. The molecule has 0 saturated heterocycles. The van der Waals surface area contributed by atoms with E-state index in [9.17, 15) is 4.79 Å². The number of hydrogen-bond donors (Lipinski definition) is 0. The molecule has 4 nitrogen and oxygen atoms in total. The van der Waals surface area contributed by atoms with Gasteiger partial charge in [0, 0.05) is 22.0 Å². The summed E-state index contributed by atoms with van der Waals surface area (Å²) in [6, 6.07) is 6.90. The number of esters is 1. The van der Waals surface area contributed by atoms with E-state index in [0.29, 0.717) is 27.0 Å². The van der Waals surface area contributed by atoms with Crippen molar-refractivity contribution in [2.75, 3.05) is 7.11 Å². The Hall–Kier alpha value is -1.91.